The molecule has 17 nitrogen and oxygen atoms in total. The summed E-state index contributed by atoms with van der Waals surface area (Å²) in [6.07, 6.45) is 2.45. The molecule has 0 aliphatic rings. The molecule has 0 aromatic heterocycles. The number of amides is 7. The van der Waals surface area contributed by atoms with Gasteiger partial charge in [-0.15, -0.1) is 0 Å². The van der Waals surface area contributed by atoms with Crippen molar-refractivity contribution in [3.63, 3.8) is 0 Å². The highest BCUT2D eigenvalue weighted by Crippen LogP contribution is 2.15. The SMILES string of the molecule is CC[C@H](C)[C@H](NC(=O)CNC(=O)[C@H](Cc1ccc(O)cc1)NC(=O)[C@H](Cc1ccc(O)cc1)NC(C)=O)C(=O)N[C@H](C(=O)N[C@@H](CCCCN)C(N)=O)[C@@H](C)CC. The van der Waals surface area contributed by atoms with E-state index in [2.05, 4.69) is 31.9 Å². The maximum absolute atomic E-state index is 13.7. The number of nitrogens with one attached hydrogen (secondary N) is 6. The molecule has 2 rings (SSSR count). The lowest BCUT2D eigenvalue weighted by molar-refractivity contribution is -0.135. The second kappa shape index (κ2) is 24.0. The van der Waals surface area contributed by atoms with Gasteiger partial charge in [-0.3, -0.25) is 33.6 Å². The third-order valence-electron chi connectivity index (χ3n) is 9.71. The smallest absolute Gasteiger partial charge is 0.243 e. The van der Waals surface area contributed by atoms with Crippen molar-refractivity contribution in [2.75, 3.05) is 13.1 Å². The standard InChI is InChI=1S/C40H60N8O9/c1-6-23(3)34(40(57)48-35(24(4)7-2)39(56)45-30(36(42)53)10-8-9-19-41)47-33(52)22-43-37(54)31(20-26-11-15-28(50)16-12-26)46-38(55)32(44-25(5)49)21-27-13-17-29(51)18-14-27/h11-18,23-24,30-32,34-35,50-51H,6-10,19-22,41H2,1-5H3,(H2,42,53)(H,43,54)(H,44,49)(H,45,56)(H,46,55)(H,47,52)(H,48,57)/t23-,24-,30-,31-,32-,34-,35-/m0/s1. The Bertz CT molecular complexity index is 1660. The fourth-order valence-corrected chi connectivity index (χ4v) is 5.87. The van der Waals surface area contributed by atoms with Gasteiger partial charge in [0.2, 0.25) is 41.4 Å². The molecule has 2 aromatic carbocycles. The molecular weight excluding hydrogens is 736 g/mol. The van der Waals surface area contributed by atoms with E-state index in [0.29, 0.717) is 43.4 Å². The molecule has 0 aliphatic carbocycles. The molecule has 57 heavy (non-hydrogen) atoms. The molecule has 0 aliphatic heterocycles. The fourth-order valence-electron chi connectivity index (χ4n) is 5.87. The number of unbranched alkanes of at least 4 members (excludes halogenated alkanes) is 1. The predicted octanol–water partition coefficient (Wildman–Crippen LogP) is 0.150. The number of carbonyl (C=O) groups excluding carboxylic acids is 7. The van der Waals surface area contributed by atoms with Crippen LogP contribution in [0.2, 0.25) is 0 Å². The topological polar surface area (TPSA) is 284 Å². The van der Waals surface area contributed by atoms with Crippen LogP contribution in [0.3, 0.4) is 0 Å². The van der Waals surface area contributed by atoms with Crippen molar-refractivity contribution in [1.82, 2.24) is 31.9 Å². The molecule has 0 heterocycles. The summed E-state index contributed by atoms with van der Waals surface area (Å²) < 4.78 is 0. The third-order valence-corrected chi connectivity index (χ3v) is 9.71. The molecule has 0 saturated heterocycles. The molecule has 314 valence electrons. The van der Waals surface area contributed by atoms with Crippen LogP contribution in [0, 0.1) is 11.8 Å². The number of benzene rings is 2. The van der Waals surface area contributed by atoms with Gasteiger partial charge >= 0.3 is 0 Å². The van der Waals surface area contributed by atoms with Gasteiger partial charge in [0.05, 0.1) is 6.54 Å². The average Bonchev–Trinajstić information content (AvgIpc) is 3.17. The molecule has 0 fully saturated rings. The third kappa shape index (κ3) is 16.5. The number of aromatic hydroxyl groups is 2. The Morgan fingerprint density at radius 3 is 1.53 bits per heavy atom. The van der Waals surface area contributed by atoms with Crippen molar-refractivity contribution in [3.8, 4) is 11.5 Å². The lowest BCUT2D eigenvalue weighted by Crippen LogP contribution is -2.60. The zero-order valence-corrected chi connectivity index (χ0v) is 33.4. The largest absolute Gasteiger partial charge is 0.508 e. The van der Waals surface area contributed by atoms with Gasteiger partial charge in [-0.2, -0.15) is 0 Å². The summed E-state index contributed by atoms with van der Waals surface area (Å²) in [7, 11) is 0. The summed E-state index contributed by atoms with van der Waals surface area (Å²) in [5, 5.41) is 35.2. The second-order valence-electron chi connectivity index (χ2n) is 14.3. The molecule has 0 unspecified atom stereocenters. The van der Waals surface area contributed by atoms with Crippen LogP contribution in [0.4, 0.5) is 0 Å². The predicted molar refractivity (Wildman–Crippen MR) is 213 cm³/mol. The molecule has 2 aromatic rings. The molecule has 0 saturated carbocycles. The Morgan fingerprint density at radius 1 is 0.614 bits per heavy atom. The van der Waals surface area contributed by atoms with E-state index in [-0.39, 0.29) is 36.7 Å². The van der Waals surface area contributed by atoms with E-state index < -0.39 is 84.0 Å². The van der Waals surface area contributed by atoms with Crippen LogP contribution in [-0.2, 0) is 46.4 Å². The first kappa shape index (κ1) is 47.4. The summed E-state index contributed by atoms with van der Waals surface area (Å²) >= 11 is 0. The van der Waals surface area contributed by atoms with Crippen LogP contribution in [0.25, 0.3) is 0 Å². The summed E-state index contributed by atoms with van der Waals surface area (Å²) in [5.41, 5.74) is 12.3. The first-order valence-electron chi connectivity index (χ1n) is 19.3. The van der Waals surface area contributed by atoms with Crippen LogP contribution in [-0.4, -0.2) is 94.9 Å². The van der Waals surface area contributed by atoms with Gasteiger partial charge in [-0.25, -0.2) is 0 Å². The van der Waals surface area contributed by atoms with Gasteiger partial charge in [0.25, 0.3) is 0 Å². The van der Waals surface area contributed by atoms with Crippen LogP contribution < -0.4 is 43.4 Å². The maximum Gasteiger partial charge on any atom is 0.243 e. The van der Waals surface area contributed by atoms with Gasteiger partial charge in [0, 0.05) is 19.8 Å². The molecule has 7 amide bonds. The summed E-state index contributed by atoms with van der Waals surface area (Å²) in [5.74, 6) is -5.34. The summed E-state index contributed by atoms with van der Waals surface area (Å²) in [6.45, 7) is 8.25. The van der Waals surface area contributed by atoms with Gasteiger partial charge in [-0.1, -0.05) is 64.8 Å². The maximum atomic E-state index is 13.7. The van der Waals surface area contributed by atoms with Gasteiger partial charge < -0.3 is 53.6 Å². The monoisotopic (exact) mass is 796 g/mol. The minimum absolute atomic E-state index is 0.00994. The van der Waals surface area contributed by atoms with Crippen molar-refractivity contribution in [3.05, 3.63) is 59.7 Å². The molecule has 7 atom stereocenters. The van der Waals surface area contributed by atoms with Crippen molar-refractivity contribution >= 4 is 41.4 Å². The van der Waals surface area contributed by atoms with Crippen molar-refractivity contribution < 1.29 is 43.8 Å². The van der Waals surface area contributed by atoms with Crippen molar-refractivity contribution in [1.29, 1.82) is 0 Å². The number of carbonyl (C=O) groups is 7. The van der Waals surface area contributed by atoms with Crippen LogP contribution in [0.15, 0.2) is 48.5 Å². The van der Waals surface area contributed by atoms with E-state index in [1.807, 2.05) is 13.8 Å². The van der Waals surface area contributed by atoms with Crippen LogP contribution in [0.1, 0.15) is 77.8 Å². The molecular formula is C40H60N8O9. The van der Waals surface area contributed by atoms with Crippen molar-refractivity contribution in [2.45, 2.75) is 110 Å². The van der Waals surface area contributed by atoms with E-state index >= 15 is 0 Å². The minimum Gasteiger partial charge on any atom is -0.508 e. The Balaban J connectivity index is 2.23. The number of phenolic OH excluding ortho intramolecular Hbond substituents is 2. The number of phenols is 2. The quantitative estimate of drug-likeness (QED) is 0.0642. The Hall–Kier alpha value is -5.71. The number of nitrogens with two attached hydrogens (primary N) is 2. The number of hydrogen-bond acceptors (Lipinski definition) is 10. The molecule has 0 radical (unpaired) electrons. The number of rotatable bonds is 24. The van der Waals surface area contributed by atoms with Crippen molar-refractivity contribution in [2.24, 2.45) is 23.3 Å². The highest BCUT2D eigenvalue weighted by atomic mass is 16.3. The lowest BCUT2D eigenvalue weighted by Gasteiger charge is -2.29. The number of primary amides is 1. The van der Waals surface area contributed by atoms with Crippen LogP contribution in [0.5, 0.6) is 11.5 Å². The first-order chi connectivity index (χ1) is 27.0. The Kier molecular flexibility index (Phi) is 20.0. The van der Waals surface area contributed by atoms with Gasteiger partial charge in [0.1, 0.15) is 41.7 Å². The minimum atomic E-state index is -1.24. The zero-order valence-electron chi connectivity index (χ0n) is 33.4. The lowest BCUT2D eigenvalue weighted by atomic mass is 9.94. The average molecular weight is 797 g/mol. The molecule has 12 N–H and O–H groups in total. The second-order valence-corrected chi connectivity index (χ2v) is 14.3. The van der Waals surface area contributed by atoms with Gasteiger partial charge in [0.15, 0.2) is 0 Å². The molecule has 0 spiro atoms. The highest BCUT2D eigenvalue weighted by molar-refractivity contribution is 5.96. The van der Waals surface area contributed by atoms with E-state index in [1.54, 1.807) is 38.1 Å². The van der Waals surface area contributed by atoms with E-state index in [1.165, 1.54) is 31.2 Å². The zero-order chi connectivity index (χ0) is 42.7. The van der Waals surface area contributed by atoms with E-state index in [9.17, 15) is 43.8 Å². The van der Waals surface area contributed by atoms with Gasteiger partial charge in [-0.05, 0) is 73.0 Å². The summed E-state index contributed by atoms with van der Waals surface area (Å²) in [6, 6.07) is 6.56. The highest BCUT2D eigenvalue weighted by Gasteiger charge is 2.34. The summed E-state index contributed by atoms with van der Waals surface area (Å²) in [4.78, 5) is 91.7. The number of hydrogen-bond donors (Lipinski definition) is 10. The Labute approximate surface area is 333 Å². The fraction of sp³-hybridized carbons (Fsp3) is 0.525. The molecule has 17 heteroatoms. The van der Waals surface area contributed by atoms with E-state index in [4.69, 9.17) is 11.5 Å². The van der Waals surface area contributed by atoms with E-state index in [0.717, 1.165) is 0 Å². The normalized spacial score (nSPS) is 14.6. The molecule has 0 bridgehead atoms. The Morgan fingerprint density at radius 2 is 1.07 bits per heavy atom. The first-order valence-corrected chi connectivity index (χ1v) is 19.3. The van der Waals surface area contributed by atoms with Crippen LogP contribution >= 0.6 is 0 Å².